The van der Waals surface area contributed by atoms with Gasteiger partial charge in [-0.05, 0) is 118 Å². The van der Waals surface area contributed by atoms with Gasteiger partial charge in [0.1, 0.15) is 12.1 Å². The Morgan fingerprint density at radius 3 is 2.58 bits per heavy atom. The van der Waals surface area contributed by atoms with Crippen molar-refractivity contribution in [2.24, 2.45) is 16.7 Å². The number of amides is 3. The molecule has 3 aromatic rings. The third kappa shape index (κ3) is 9.32. The molecule has 1 aliphatic carbocycles. The number of hydrazine groups is 1. The molecule has 3 amide bonds. The second-order valence-electron chi connectivity index (χ2n) is 22.0. The maximum absolute atomic E-state index is 15.1. The van der Waals surface area contributed by atoms with Crippen molar-refractivity contribution in [3.8, 4) is 11.3 Å². The molecule has 10 rings (SSSR count). The Morgan fingerprint density at radius 1 is 1.00 bits per heavy atom. The number of hydrogen-bond donors (Lipinski definition) is 2. The van der Waals surface area contributed by atoms with Crippen LogP contribution >= 0.6 is 0 Å². The van der Waals surface area contributed by atoms with Crippen molar-refractivity contribution < 1.29 is 28.7 Å². The molecule has 0 radical (unpaired) electrons. The van der Waals surface area contributed by atoms with Crippen molar-refractivity contribution in [2.75, 3.05) is 65.6 Å². The minimum atomic E-state index is -0.838. The number of rotatable bonds is 8. The van der Waals surface area contributed by atoms with E-state index in [0.717, 1.165) is 100 Å². The molecule has 360 valence electrons. The molecule has 5 fully saturated rings. The number of aromatic nitrogens is 2. The number of nitrogens with one attached hydrogen (secondary N) is 2. The number of nitrogens with zero attached hydrogens (tertiary/aromatic N) is 6. The number of likely N-dealkylation sites (tertiary alicyclic amines) is 2. The third-order valence-corrected chi connectivity index (χ3v) is 16.1. The molecule has 67 heavy (non-hydrogen) atoms. The molecule has 1 spiro atoms. The maximum Gasteiger partial charge on any atom is 0.324 e. The number of carbonyl (C=O) groups is 4. The summed E-state index contributed by atoms with van der Waals surface area (Å²) in [6, 6.07) is 9.20. The largest absolute Gasteiger partial charge is 0.464 e. The maximum atomic E-state index is 15.1. The average molecular weight is 917 g/mol. The zero-order valence-electron chi connectivity index (χ0n) is 40.5. The number of ether oxygens (including phenoxy) is 2. The molecular weight excluding hydrogens is 845 g/mol. The summed E-state index contributed by atoms with van der Waals surface area (Å²) >= 11 is 0. The number of pyridine rings is 1. The Bertz CT molecular complexity index is 2420. The lowest BCUT2D eigenvalue weighted by molar-refractivity contribution is -0.155. The number of aryl methyl sites for hydroxylation is 1. The molecule has 14 heteroatoms. The molecule has 2 N–H and O–H groups in total. The highest BCUT2D eigenvalue weighted by Gasteiger charge is 2.51. The van der Waals surface area contributed by atoms with E-state index in [2.05, 4.69) is 90.1 Å². The number of cyclic esters (lactones) is 1. The van der Waals surface area contributed by atoms with E-state index >= 15 is 4.79 Å². The van der Waals surface area contributed by atoms with Crippen molar-refractivity contribution in [1.82, 2.24) is 40.0 Å². The van der Waals surface area contributed by atoms with Crippen molar-refractivity contribution in [3.63, 3.8) is 0 Å². The first-order valence-electron chi connectivity index (χ1n) is 25.5. The number of hydrogen-bond acceptors (Lipinski definition) is 10. The number of epoxide rings is 1. The predicted molar refractivity (Wildman–Crippen MR) is 258 cm³/mol. The van der Waals surface area contributed by atoms with E-state index in [0.29, 0.717) is 52.0 Å². The number of esters is 1. The van der Waals surface area contributed by atoms with Crippen molar-refractivity contribution in [1.29, 1.82) is 0 Å². The van der Waals surface area contributed by atoms with Crippen LogP contribution in [0, 0.1) is 16.7 Å². The fourth-order valence-corrected chi connectivity index (χ4v) is 12.6. The Kier molecular flexibility index (Phi) is 12.9. The van der Waals surface area contributed by atoms with Gasteiger partial charge >= 0.3 is 5.97 Å². The van der Waals surface area contributed by atoms with E-state index in [1.54, 1.807) is 5.01 Å². The molecule has 8 heterocycles. The quantitative estimate of drug-likeness (QED) is 0.207. The standard InChI is InChI=1S/C53H72N8O6/c1-6-60-43-18-17-36-26-39(43)40(47(60)38-15-9-21-54-45(38)34(2)3)27-52(4,5)33-67-51(65)41-16-11-23-61(56-41)49(63)42(29-57-22-10-14-37(36)28-57)55-48(62)46(35-12-7-8-13-35)58-24-19-53(31-58)20-25-59(32-53)50(64)44-30-66-44/h9,14-15,17-18,21,26,34-35,41-42,44,46,56H,6-8,10-13,16,19-20,22-25,27-33H2,1-5H3,(H,55,62)/t41-,42-,44+,46-,53-/m0/s1. The fraction of sp³-hybridized carbons (Fsp3) is 0.642. The van der Waals surface area contributed by atoms with Gasteiger partial charge in [-0.2, -0.15) is 0 Å². The van der Waals surface area contributed by atoms with E-state index < -0.39 is 17.5 Å². The summed E-state index contributed by atoms with van der Waals surface area (Å²) in [7, 11) is 0. The molecule has 2 aromatic heterocycles. The Labute approximate surface area is 396 Å². The smallest absolute Gasteiger partial charge is 0.324 e. The van der Waals surface area contributed by atoms with Gasteiger partial charge in [0.2, 0.25) is 5.91 Å². The van der Waals surface area contributed by atoms with Gasteiger partial charge < -0.3 is 24.3 Å². The van der Waals surface area contributed by atoms with E-state index in [9.17, 15) is 14.4 Å². The van der Waals surface area contributed by atoms with E-state index in [1.165, 1.54) is 22.2 Å². The first-order valence-corrected chi connectivity index (χ1v) is 25.5. The number of benzene rings is 1. The zero-order valence-corrected chi connectivity index (χ0v) is 40.5. The summed E-state index contributed by atoms with van der Waals surface area (Å²) in [6.07, 6.45) is 12.6. The van der Waals surface area contributed by atoms with Crippen LogP contribution in [0.15, 0.2) is 42.6 Å². The Morgan fingerprint density at radius 2 is 1.81 bits per heavy atom. The zero-order chi connectivity index (χ0) is 46.6. The lowest BCUT2D eigenvalue weighted by Crippen LogP contribution is -2.63. The average Bonchev–Trinajstić information content (AvgIpc) is 3.59. The van der Waals surface area contributed by atoms with Crippen LogP contribution in [-0.2, 0) is 41.6 Å². The van der Waals surface area contributed by atoms with Gasteiger partial charge in [0.25, 0.3) is 11.8 Å². The van der Waals surface area contributed by atoms with Crippen LogP contribution in [0.3, 0.4) is 0 Å². The van der Waals surface area contributed by atoms with Crippen LogP contribution in [0.4, 0.5) is 0 Å². The Balaban J connectivity index is 0.975. The van der Waals surface area contributed by atoms with E-state index in [-0.39, 0.29) is 59.7 Å². The highest BCUT2D eigenvalue weighted by molar-refractivity contribution is 5.95. The molecule has 14 nitrogen and oxygen atoms in total. The van der Waals surface area contributed by atoms with Crippen molar-refractivity contribution in [3.05, 3.63) is 59.4 Å². The van der Waals surface area contributed by atoms with Gasteiger partial charge in [0, 0.05) is 85.9 Å². The third-order valence-electron chi connectivity index (χ3n) is 16.1. The van der Waals surface area contributed by atoms with E-state index in [1.807, 2.05) is 17.2 Å². The monoisotopic (exact) mass is 917 g/mol. The highest BCUT2D eigenvalue weighted by Crippen LogP contribution is 2.44. The topological polar surface area (TPSA) is 145 Å². The molecule has 1 saturated carbocycles. The SMILES string of the molecule is CCn1c(-c2cccnc2C(C)C)c2c3cc(ccc31)C1=CCCN(C1)C[C@H](NC(=O)[C@H](C1CCCC1)N1CC[C@]3(CCN(C(=O)[C@H]4CO4)C3)C1)C(=O)N1CCC[C@H](N1)C(=O)OCC(C)(C)C2. The fourth-order valence-electron chi connectivity index (χ4n) is 12.6. The van der Waals surface area contributed by atoms with Gasteiger partial charge in [-0.1, -0.05) is 52.7 Å². The number of fused-ring (bicyclic) bond motifs is 6. The van der Waals surface area contributed by atoms with Crippen LogP contribution in [0.25, 0.3) is 27.7 Å². The van der Waals surface area contributed by atoms with Gasteiger partial charge in [-0.15, -0.1) is 0 Å². The van der Waals surface area contributed by atoms with Gasteiger partial charge in [-0.25, -0.2) is 5.43 Å². The van der Waals surface area contributed by atoms with Gasteiger partial charge in [0.05, 0.1) is 30.6 Å². The summed E-state index contributed by atoms with van der Waals surface area (Å²) < 4.78 is 14.0. The summed E-state index contributed by atoms with van der Waals surface area (Å²) in [4.78, 5) is 68.6. The summed E-state index contributed by atoms with van der Waals surface area (Å²) in [5, 5.41) is 6.15. The first kappa shape index (κ1) is 46.1. The molecule has 6 atom stereocenters. The van der Waals surface area contributed by atoms with Gasteiger partial charge in [0.15, 0.2) is 6.10 Å². The highest BCUT2D eigenvalue weighted by atomic mass is 16.6. The molecular formula is C53H72N8O6. The Hall–Kier alpha value is -4.63. The van der Waals surface area contributed by atoms with Crippen molar-refractivity contribution in [2.45, 2.75) is 136 Å². The summed E-state index contributed by atoms with van der Waals surface area (Å²) in [5.74, 6) is -0.165. The van der Waals surface area contributed by atoms with Crippen LogP contribution in [-0.4, -0.2) is 143 Å². The summed E-state index contributed by atoms with van der Waals surface area (Å²) in [6.45, 7) is 17.6. The minimum absolute atomic E-state index is 0.0369. The molecule has 6 bridgehead atoms. The molecule has 1 aromatic carbocycles. The van der Waals surface area contributed by atoms with Crippen molar-refractivity contribution >= 4 is 40.2 Å². The minimum Gasteiger partial charge on any atom is -0.464 e. The lowest BCUT2D eigenvalue weighted by Gasteiger charge is -2.39. The molecule has 4 saturated heterocycles. The second-order valence-corrected chi connectivity index (χ2v) is 22.0. The normalized spacial score (nSPS) is 28.8. The molecule has 1 unspecified atom stereocenters. The van der Waals surface area contributed by atoms with Crippen LogP contribution in [0.5, 0.6) is 0 Å². The summed E-state index contributed by atoms with van der Waals surface area (Å²) in [5.41, 5.74) is 10.9. The van der Waals surface area contributed by atoms with Crippen LogP contribution in [0.2, 0.25) is 0 Å². The van der Waals surface area contributed by atoms with Crippen LogP contribution < -0.4 is 10.7 Å². The van der Waals surface area contributed by atoms with E-state index in [4.69, 9.17) is 14.5 Å². The van der Waals surface area contributed by atoms with Crippen LogP contribution in [0.1, 0.15) is 115 Å². The number of carbonyl (C=O) groups excluding carboxylic acids is 4. The second kappa shape index (κ2) is 18.7. The molecule has 7 aliphatic rings. The lowest BCUT2D eigenvalue weighted by atomic mass is 9.83. The van der Waals surface area contributed by atoms with Gasteiger partial charge in [-0.3, -0.25) is 39.0 Å². The first-order chi connectivity index (χ1) is 32.3. The predicted octanol–water partition coefficient (Wildman–Crippen LogP) is 5.92. The molecule has 6 aliphatic heterocycles.